The smallest absolute Gasteiger partial charge is 0.391 e. The highest BCUT2D eigenvalue weighted by Crippen LogP contribution is 2.43. The van der Waals surface area contributed by atoms with E-state index in [0.29, 0.717) is 24.6 Å². The van der Waals surface area contributed by atoms with Crippen molar-refractivity contribution < 1.29 is 17.6 Å². The zero-order valence-electron chi connectivity index (χ0n) is 11.0. The van der Waals surface area contributed by atoms with Crippen LogP contribution in [0.1, 0.15) is 50.2 Å². The Labute approximate surface area is 110 Å². The van der Waals surface area contributed by atoms with Crippen molar-refractivity contribution in [3.63, 3.8) is 0 Å². The number of halogens is 3. The lowest BCUT2D eigenvalue weighted by Gasteiger charge is -2.29. The molecule has 1 aromatic heterocycles. The summed E-state index contributed by atoms with van der Waals surface area (Å²) in [7, 11) is 0. The monoisotopic (exact) mass is 276 g/mol. The Bertz CT molecular complexity index is 403. The minimum atomic E-state index is -4.09. The van der Waals surface area contributed by atoms with E-state index in [9.17, 15) is 13.2 Å². The fourth-order valence-corrected chi connectivity index (χ4v) is 2.57. The van der Waals surface area contributed by atoms with Crippen LogP contribution in [-0.2, 0) is 6.54 Å². The van der Waals surface area contributed by atoms with Crippen LogP contribution in [0.15, 0.2) is 10.6 Å². The summed E-state index contributed by atoms with van der Waals surface area (Å²) in [6.07, 6.45) is -0.806. The fraction of sp³-hybridized carbons (Fsp3) is 0.769. The molecule has 3 nitrogen and oxygen atoms in total. The topological polar surface area (TPSA) is 38.1 Å². The van der Waals surface area contributed by atoms with E-state index in [1.807, 2.05) is 6.92 Å². The van der Waals surface area contributed by atoms with Gasteiger partial charge in [0.05, 0.1) is 18.7 Å². The Balaban J connectivity index is 1.99. The molecule has 19 heavy (non-hydrogen) atoms. The second-order valence-corrected chi connectivity index (χ2v) is 5.04. The molecule has 2 rings (SSSR count). The normalized spacial score (nSPS) is 24.6. The molecule has 6 heteroatoms. The van der Waals surface area contributed by atoms with Gasteiger partial charge in [-0.15, -0.1) is 0 Å². The Kier molecular flexibility index (Phi) is 4.50. The van der Waals surface area contributed by atoms with Crippen LogP contribution in [0, 0.1) is 5.92 Å². The maximum absolute atomic E-state index is 12.7. The molecular weight excluding hydrogens is 257 g/mol. The van der Waals surface area contributed by atoms with E-state index in [-0.39, 0.29) is 18.8 Å². The number of rotatable bonds is 4. The second kappa shape index (κ2) is 5.94. The molecule has 1 heterocycles. The molecule has 0 spiro atoms. The van der Waals surface area contributed by atoms with Crippen LogP contribution in [0.5, 0.6) is 0 Å². The molecule has 1 aromatic rings. The summed E-state index contributed by atoms with van der Waals surface area (Å²) in [6.45, 7) is 3.29. The maximum atomic E-state index is 12.7. The second-order valence-electron chi connectivity index (χ2n) is 5.04. The lowest BCUT2D eigenvalue weighted by Crippen LogP contribution is -2.27. The van der Waals surface area contributed by atoms with E-state index >= 15 is 0 Å². The fourth-order valence-electron chi connectivity index (χ4n) is 2.57. The first-order chi connectivity index (χ1) is 9.00. The van der Waals surface area contributed by atoms with Gasteiger partial charge in [0.25, 0.3) is 0 Å². The van der Waals surface area contributed by atoms with E-state index in [0.717, 1.165) is 13.0 Å². The number of nitrogens with one attached hydrogen (secondary N) is 1. The predicted octanol–water partition coefficient (Wildman–Crippen LogP) is 3.62. The Morgan fingerprint density at radius 2 is 2.21 bits per heavy atom. The van der Waals surface area contributed by atoms with Crippen molar-refractivity contribution in [3.8, 4) is 0 Å². The first-order valence-electron chi connectivity index (χ1n) is 6.72. The molecule has 1 fully saturated rings. The first kappa shape index (κ1) is 14.4. The molecule has 1 N–H and O–H groups in total. The summed E-state index contributed by atoms with van der Waals surface area (Å²) in [4.78, 5) is 4.11. The SMILES string of the molecule is CCNCc1ncc(C2CCCC(C(F)(F)F)C2)o1. The zero-order valence-corrected chi connectivity index (χ0v) is 11.0. The number of hydrogen-bond donors (Lipinski definition) is 1. The predicted molar refractivity (Wildman–Crippen MR) is 64.6 cm³/mol. The Morgan fingerprint density at radius 1 is 1.42 bits per heavy atom. The van der Waals surface area contributed by atoms with Gasteiger partial charge >= 0.3 is 6.18 Å². The highest BCUT2D eigenvalue weighted by Gasteiger charge is 2.43. The lowest BCUT2D eigenvalue weighted by molar-refractivity contribution is -0.183. The summed E-state index contributed by atoms with van der Waals surface area (Å²) in [6, 6.07) is 0. The van der Waals surface area contributed by atoms with E-state index in [2.05, 4.69) is 10.3 Å². The molecule has 0 amide bonds. The molecule has 0 aliphatic heterocycles. The van der Waals surface area contributed by atoms with Crippen molar-refractivity contribution in [2.75, 3.05) is 6.54 Å². The molecule has 1 saturated carbocycles. The average molecular weight is 276 g/mol. The molecule has 108 valence electrons. The van der Waals surface area contributed by atoms with Gasteiger partial charge in [-0.1, -0.05) is 13.3 Å². The Hall–Kier alpha value is -1.04. The third kappa shape index (κ3) is 3.72. The van der Waals surface area contributed by atoms with Crippen LogP contribution in [-0.4, -0.2) is 17.7 Å². The van der Waals surface area contributed by atoms with E-state index in [1.165, 1.54) is 0 Å². The number of nitrogens with zero attached hydrogens (tertiary/aromatic N) is 1. The summed E-state index contributed by atoms with van der Waals surface area (Å²) < 4.78 is 43.8. The van der Waals surface area contributed by atoms with E-state index in [1.54, 1.807) is 6.20 Å². The molecule has 1 aliphatic rings. The number of oxazole rings is 1. The summed E-state index contributed by atoms with van der Waals surface area (Å²) in [5.41, 5.74) is 0. The maximum Gasteiger partial charge on any atom is 0.391 e. The quantitative estimate of drug-likeness (QED) is 0.912. The minimum absolute atomic E-state index is 0.124. The highest BCUT2D eigenvalue weighted by atomic mass is 19.4. The van der Waals surface area contributed by atoms with Gasteiger partial charge in [-0.3, -0.25) is 0 Å². The average Bonchev–Trinajstić information content (AvgIpc) is 2.84. The Morgan fingerprint density at radius 3 is 2.89 bits per heavy atom. The lowest BCUT2D eigenvalue weighted by atomic mass is 9.80. The van der Waals surface area contributed by atoms with Crippen LogP contribution < -0.4 is 5.32 Å². The molecule has 2 atom stereocenters. The van der Waals surface area contributed by atoms with E-state index in [4.69, 9.17) is 4.42 Å². The van der Waals surface area contributed by atoms with Crippen LogP contribution in [0.3, 0.4) is 0 Å². The van der Waals surface area contributed by atoms with Crippen LogP contribution >= 0.6 is 0 Å². The van der Waals surface area contributed by atoms with Crippen LogP contribution in [0.25, 0.3) is 0 Å². The number of hydrogen-bond acceptors (Lipinski definition) is 3. The van der Waals surface area contributed by atoms with Gasteiger partial charge in [0.1, 0.15) is 5.76 Å². The molecule has 0 bridgehead atoms. The summed E-state index contributed by atoms with van der Waals surface area (Å²) in [5, 5.41) is 3.08. The number of aromatic nitrogens is 1. The molecular formula is C13H19F3N2O. The van der Waals surface area contributed by atoms with Crippen molar-refractivity contribution in [2.24, 2.45) is 5.92 Å². The van der Waals surface area contributed by atoms with Crippen molar-refractivity contribution >= 4 is 0 Å². The minimum Gasteiger partial charge on any atom is -0.444 e. The van der Waals surface area contributed by atoms with Gasteiger partial charge in [0.15, 0.2) is 0 Å². The van der Waals surface area contributed by atoms with Gasteiger partial charge in [-0.05, 0) is 25.8 Å². The van der Waals surface area contributed by atoms with Gasteiger partial charge < -0.3 is 9.73 Å². The third-order valence-electron chi connectivity index (χ3n) is 3.64. The molecule has 0 saturated heterocycles. The van der Waals surface area contributed by atoms with E-state index < -0.39 is 12.1 Å². The zero-order chi connectivity index (χ0) is 13.9. The highest BCUT2D eigenvalue weighted by molar-refractivity contribution is 5.04. The largest absolute Gasteiger partial charge is 0.444 e. The van der Waals surface area contributed by atoms with Gasteiger partial charge in [-0.25, -0.2) is 4.98 Å². The molecule has 1 aliphatic carbocycles. The van der Waals surface area contributed by atoms with Gasteiger partial charge in [0, 0.05) is 5.92 Å². The molecule has 2 unspecified atom stereocenters. The number of alkyl halides is 3. The van der Waals surface area contributed by atoms with Crippen LogP contribution in [0.4, 0.5) is 13.2 Å². The summed E-state index contributed by atoms with van der Waals surface area (Å²) >= 11 is 0. The van der Waals surface area contributed by atoms with Crippen molar-refractivity contribution in [2.45, 2.75) is 51.2 Å². The standard InChI is InChI=1S/C13H19F3N2O/c1-2-17-8-12-18-7-11(19-12)9-4-3-5-10(6-9)13(14,15)16/h7,9-10,17H,2-6,8H2,1H3. The van der Waals surface area contributed by atoms with Crippen molar-refractivity contribution in [3.05, 3.63) is 17.8 Å². The van der Waals surface area contributed by atoms with Gasteiger partial charge in [0.2, 0.25) is 5.89 Å². The molecule has 0 aromatic carbocycles. The molecule has 0 radical (unpaired) electrons. The van der Waals surface area contributed by atoms with Crippen molar-refractivity contribution in [1.29, 1.82) is 0 Å². The first-order valence-corrected chi connectivity index (χ1v) is 6.72. The van der Waals surface area contributed by atoms with Crippen molar-refractivity contribution in [1.82, 2.24) is 10.3 Å². The summed E-state index contributed by atoms with van der Waals surface area (Å²) in [5.74, 6) is -0.204. The third-order valence-corrected chi connectivity index (χ3v) is 3.64. The van der Waals surface area contributed by atoms with Gasteiger partial charge in [-0.2, -0.15) is 13.2 Å². The van der Waals surface area contributed by atoms with Crippen LogP contribution in [0.2, 0.25) is 0 Å².